The van der Waals surface area contributed by atoms with Crippen LogP contribution in [-0.2, 0) is 27.2 Å². The summed E-state index contributed by atoms with van der Waals surface area (Å²) in [5, 5.41) is 9.80. The molecule has 2 heterocycles. The van der Waals surface area contributed by atoms with Gasteiger partial charge in [-0.3, -0.25) is 14.4 Å². The number of hydrogen-bond acceptors (Lipinski definition) is 4. The van der Waals surface area contributed by atoms with Gasteiger partial charge in [0, 0.05) is 29.9 Å². The van der Waals surface area contributed by atoms with E-state index in [0.717, 1.165) is 41.4 Å². The van der Waals surface area contributed by atoms with Gasteiger partial charge in [-0.1, -0.05) is 48.5 Å². The van der Waals surface area contributed by atoms with Crippen molar-refractivity contribution >= 4 is 28.6 Å². The van der Waals surface area contributed by atoms with Crippen LogP contribution < -0.4 is 21.7 Å². The van der Waals surface area contributed by atoms with Crippen molar-refractivity contribution in [2.75, 3.05) is 6.54 Å². The topological polar surface area (TPSA) is 129 Å². The zero-order chi connectivity index (χ0) is 23.2. The van der Waals surface area contributed by atoms with E-state index in [0.29, 0.717) is 0 Å². The minimum absolute atomic E-state index is 0.217. The maximum Gasteiger partial charge on any atom is 0.243 e. The van der Waals surface area contributed by atoms with Crippen LogP contribution in [0.25, 0.3) is 10.9 Å². The maximum absolute atomic E-state index is 13.3. The first-order chi connectivity index (χ1) is 16.0. The lowest BCUT2D eigenvalue weighted by Crippen LogP contribution is -2.56. The second kappa shape index (κ2) is 10.3. The third-order valence-corrected chi connectivity index (χ3v) is 6.05. The van der Waals surface area contributed by atoms with Crippen molar-refractivity contribution in [3.05, 3.63) is 71.9 Å². The molecule has 0 saturated carbocycles. The lowest BCUT2D eigenvalue weighted by Gasteiger charge is -2.23. The normalized spacial score (nSPS) is 17.4. The van der Waals surface area contributed by atoms with Gasteiger partial charge in [-0.05, 0) is 36.6 Å². The molecule has 4 rings (SSSR count). The van der Waals surface area contributed by atoms with E-state index in [-0.39, 0.29) is 24.8 Å². The molecule has 1 saturated heterocycles. The highest BCUT2D eigenvalue weighted by Gasteiger charge is 2.30. The second-order valence-electron chi connectivity index (χ2n) is 8.43. The minimum atomic E-state index is -0.883. The minimum Gasteiger partial charge on any atom is -0.368 e. The lowest BCUT2D eigenvalue weighted by molar-refractivity contribution is -0.131. The molecule has 8 heteroatoms. The summed E-state index contributed by atoms with van der Waals surface area (Å²) < 4.78 is 0. The van der Waals surface area contributed by atoms with E-state index in [1.807, 2.05) is 60.8 Å². The maximum atomic E-state index is 13.3. The Kier molecular flexibility index (Phi) is 7.04. The van der Waals surface area contributed by atoms with Gasteiger partial charge in [0.2, 0.25) is 17.7 Å². The number of fused-ring (bicyclic) bond motifs is 1. The summed E-state index contributed by atoms with van der Waals surface area (Å²) in [6.45, 7) is 0.776. The Bertz CT molecular complexity index is 1120. The molecule has 1 aliphatic rings. The number of H-pyrrole nitrogens is 1. The van der Waals surface area contributed by atoms with Crippen LogP contribution in [0.4, 0.5) is 0 Å². The summed E-state index contributed by atoms with van der Waals surface area (Å²) in [5.41, 5.74) is 8.33. The van der Waals surface area contributed by atoms with E-state index in [2.05, 4.69) is 20.9 Å². The van der Waals surface area contributed by atoms with Crippen molar-refractivity contribution < 1.29 is 14.4 Å². The number of benzene rings is 2. The quantitative estimate of drug-likeness (QED) is 0.337. The summed E-state index contributed by atoms with van der Waals surface area (Å²) in [7, 11) is 0. The van der Waals surface area contributed by atoms with Crippen molar-refractivity contribution in [3.8, 4) is 0 Å². The highest BCUT2D eigenvalue weighted by atomic mass is 16.2. The first-order valence-corrected chi connectivity index (χ1v) is 11.2. The van der Waals surface area contributed by atoms with Crippen molar-refractivity contribution in [2.24, 2.45) is 5.73 Å². The van der Waals surface area contributed by atoms with Crippen LogP contribution in [0.1, 0.15) is 24.0 Å². The third kappa shape index (κ3) is 5.59. The number of para-hydroxylation sites is 1. The third-order valence-electron chi connectivity index (χ3n) is 6.05. The Balaban J connectivity index is 1.53. The average Bonchev–Trinajstić information content (AvgIpc) is 3.49. The second-order valence-corrected chi connectivity index (χ2v) is 8.43. The zero-order valence-corrected chi connectivity index (χ0v) is 18.3. The van der Waals surface area contributed by atoms with Crippen LogP contribution in [0.2, 0.25) is 0 Å². The van der Waals surface area contributed by atoms with E-state index >= 15 is 0 Å². The standard InChI is InChI=1S/C25H29N5O3/c26-23(31)21(13-16-7-2-1-3-8-16)29-25(33)22(30-24(32)20-11-6-12-27-20)14-17-15-28-19-10-5-4-9-18(17)19/h1-5,7-10,15,20-22,27-28H,6,11-14H2,(H2,26,31)(H,29,33)(H,30,32)/t20-,21-,22-/m0/s1. The molecule has 0 bridgehead atoms. The molecule has 0 aliphatic carbocycles. The van der Waals surface area contributed by atoms with Crippen LogP contribution in [0, 0.1) is 0 Å². The molecule has 0 unspecified atom stereocenters. The highest BCUT2D eigenvalue weighted by molar-refractivity contribution is 5.93. The molecule has 1 aromatic heterocycles. The first-order valence-electron chi connectivity index (χ1n) is 11.2. The van der Waals surface area contributed by atoms with E-state index in [4.69, 9.17) is 5.73 Å². The van der Waals surface area contributed by atoms with E-state index < -0.39 is 23.9 Å². The summed E-state index contributed by atoms with van der Waals surface area (Å²) in [6, 6.07) is 15.1. The number of nitrogens with one attached hydrogen (secondary N) is 4. The largest absolute Gasteiger partial charge is 0.368 e. The predicted molar refractivity (Wildman–Crippen MR) is 126 cm³/mol. The van der Waals surface area contributed by atoms with Crippen LogP contribution in [0.3, 0.4) is 0 Å². The Morgan fingerprint density at radius 3 is 2.45 bits per heavy atom. The van der Waals surface area contributed by atoms with Crippen LogP contribution in [-0.4, -0.2) is 47.4 Å². The zero-order valence-electron chi connectivity index (χ0n) is 18.3. The van der Waals surface area contributed by atoms with E-state index in [1.165, 1.54) is 0 Å². The molecule has 0 spiro atoms. The fourth-order valence-corrected chi connectivity index (χ4v) is 4.26. The Morgan fingerprint density at radius 1 is 0.970 bits per heavy atom. The Labute approximate surface area is 192 Å². The molecule has 172 valence electrons. The number of nitrogens with two attached hydrogens (primary N) is 1. The molecule has 33 heavy (non-hydrogen) atoms. The molecule has 8 nitrogen and oxygen atoms in total. The van der Waals surface area contributed by atoms with Gasteiger partial charge in [-0.15, -0.1) is 0 Å². The molecule has 3 aromatic rings. The SMILES string of the molecule is NC(=O)[C@H](Cc1ccccc1)NC(=O)[C@H](Cc1c[nH]c2ccccc12)NC(=O)[C@@H]1CCCN1. The molecular formula is C25H29N5O3. The molecule has 1 aliphatic heterocycles. The fourth-order valence-electron chi connectivity index (χ4n) is 4.26. The Hall–Kier alpha value is -3.65. The molecule has 3 atom stereocenters. The van der Waals surface area contributed by atoms with E-state index in [1.54, 1.807) is 0 Å². The van der Waals surface area contributed by atoms with Crippen LogP contribution in [0.15, 0.2) is 60.8 Å². The van der Waals surface area contributed by atoms with Gasteiger partial charge in [0.15, 0.2) is 0 Å². The van der Waals surface area contributed by atoms with Crippen LogP contribution >= 0.6 is 0 Å². The summed E-state index contributed by atoms with van der Waals surface area (Å²) in [6.07, 6.45) is 4.05. The van der Waals surface area contributed by atoms with Gasteiger partial charge in [0.25, 0.3) is 0 Å². The van der Waals surface area contributed by atoms with Crippen molar-refractivity contribution in [1.29, 1.82) is 0 Å². The highest BCUT2D eigenvalue weighted by Crippen LogP contribution is 2.19. The molecular weight excluding hydrogens is 418 g/mol. The molecule has 1 fully saturated rings. The molecule has 2 aromatic carbocycles. The Morgan fingerprint density at radius 2 is 1.73 bits per heavy atom. The number of aromatic amines is 1. The van der Waals surface area contributed by atoms with Crippen LogP contribution in [0.5, 0.6) is 0 Å². The van der Waals surface area contributed by atoms with Gasteiger partial charge in [-0.2, -0.15) is 0 Å². The summed E-state index contributed by atoms with van der Waals surface area (Å²) >= 11 is 0. The summed E-state index contributed by atoms with van der Waals surface area (Å²) in [4.78, 5) is 41.4. The molecule has 6 N–H and O–H groups in total. The van der Waals surface area contributed by atoms with Crippen molar-refractivity contribution in [2.45, 2.75) is 43.8 Å². The predicted octanol–water partition coefficient (Wildman–Crippen LogP) is 1.16. The van der Waals surface area contributed by atoms with Crippen molar-refractivity contribution in [3.63, 3.8) is 0 Å². The summed E-state index contributed by atoms with van der Waals surface area (Å²) in [5.74, 6) is -1.28. The number of carbonyl (C=O) groups excluding carboxylic acids is 3. The number of aromatic nitrogens is 1. The number of hydrogen-bond donors (Lipinski definition) is 5. The first kappa shape index (κ1) is 22.5. The molecule has 3 amide bonds. The van der Waals surface area contributed by atoms with Gasteiger partial charge >= 0.3 is 0 Å². The smallest absolute Gasteiger partial charge is 0.243 e. The average molecular weight is 448 g/mol. The van der Waals surface area contributed by atoms with Gasteiger partial charge in [0.1, 0.15) is 12.1 Å². The monoisotopic (exact) mass is 447 g/mol. The number of amides is 3. The molecule has 0 radical (unpaired) electrons. The lowest BCUT2D eigenvalue weighted by atomic mass is 10.0. The fraction of sp³-hybridized carbons (Fsp3) is 0.320. The van der Waals surface area contributed by atoms with E-state index in [9.17, 15) is 14.4 Å². The van der Waals surface area contributed by atoms with Gasteiger partial charge in [0.05, 0.1) is 6.04 Å². The number of rotatable bonds is 9. The van der Waals surface area contributed by atoms with Crippen molar-refractivity contribution in [1.82, 2.24) is 20.9 Å². The van der Waals surface area contributed by atoms with Gasteiger partial charge < -0.3 is 26.7 Å². The number of primary amides is 1. The van der Waals surface area contributed by atoms with Gasteiger partial charge in [-0.25, -0.2) is 0 Å². The number of carbonyl (C=O) groups is 3.